The van der Waals surface area contributed by atoms with Crippen LogP contribution in [0.2, 0.25) is 0 Å². The topological polar surface area (TPSA) is 21.6 Å². The summed E-state index contributed by atoms with van der Waals surface area (Å²) in [5.41, 5.74) is 3.27. The van der Waals surface area contributed by atoms with Gasteiger partial charge in [0.1, 0.15) is 11.9 Å². The van der Waals surface area contributed by atoms with E-state index in [2.05, 4.69) is 23.4 Å². The molecule has 1 aliphatic carbocycles. The minimum atomic E-state index is -0.221. The Morgan fingerprint density at radius 1 is 1.20 bits per heavy atom. The quantitative estimate of drug-likeness (QED) is 0.796. The van der Waals surface area contributed by atoms with Crippen LogP contribution >= 0.6 is 0 Å². The molecule has 0 saturated heterocycles. The highest BCUT2D eigenvalue weighted by molar-refractivity contribution is 6.01. The van der Waals surface area contributed by atoms with E-state index < -0.39 is 0 Å². The van der Waals surface area contributed by atoms with E-state index in [4.69, 9.17) is 4.84 Å². The van der Waals surface area contributed by atoms with Gasteiger partial charge in [-0.25, -0.2) is 4.39 Å². The van der Waals surface area contributed by atoms with E-state index in [9.17, 15) is 4.39 Å². The highest BCUT2D eigenvalue weighted by Crippen LogP contribution is 2.23. The Morgan fingerprint density at radius 3 is 2.80 bits per heavy atom. The molecule has 0 spiro atoms. The van der Waals surface area contributed by atoms with Crippen molar-refractivity contribution in [2.24, 2.45) is 5.16 Å². The summed E-state index contributed by atoms with van der Waals surface area (Å²) in [5.74, 6) is -0.221. The van der Waals surface area contributed by atoms with Crippen LogP contribution in [-0.2, 0) is 4.84 Å². The van der Waals surface area contributed by atoms with Gasteiger partial charge >= 0.3 is 0 Å². The lowest BCUT2D eigenvalue weighted by molar-refractivity contribution is 0.0795. The third-order valence-corrected chi connectivity index (χ3v) is 3.74. The molecule has 0 saturated carbocycles. The van der Waals surface area contributed by atoms with Gasteiger partial charge in [-0.1, -0.05) is 41.1 Å². The van der Waals surface area contributed by atoms with Crippen molar-refractivity contribution in [2.45, 2.75) is 38.2 Å². The van der Waals surface area contributed by atoms with Crippen molar-refractivity contribution in [3.63, 3.8) is 0 Å². The van der Waals surface area contributed by atoms with E-state index in [0.29, 0.717) is 0 Å². The number of benzene rings is 1. The highest BCUT2D eigenvalue weighted by atomic mass is 19.1. The van der Waals surface area contributed by atoms with Crippen LogP contribution in [0.15, 0.2) is 53.2 Å². The summed E-state index contributed by atoms with van der Waals surface area (Å²) < 4.78 is 12.9. The molecule has 0 N–H and O–H groups in total. The van der Waals surface area contributed by atoms with Gasteiger partial charge < -0.3 is 4.84 Å². The number of hydrogen-bond acceptors (Lipinski definition) is 2. The fraction of sp³-hybridized carbons (Fsp3) is 0.353. The van der Waals surface area contributed by atoms with Gasteiger partial charge in [0.25, 0.3) is 0 Å². The molecule has 1 atom stereocenters. The number of halogens is 1. The molecule has 0 aromatic heterocycles. The zero-order valence-corrected chi connectivity index (χ0v) is 11.4. The fourth-order valence-electron chi connectivity index (χ4n) is 2.58. The van der Waals surface area contributed by atoms with Crippen molar-refractivity contribution in [3.05, 3.63) is 59.4 Å². The molecule has 0 radical (unpaired) electrons. The Bertz CT molecular complexity index is 557. The summed E-state index contributed by atoms with van der Waals surface area (Å²) in [7, 11) is 0. The number of rotatable bonds is 4. The first-order valence-electron chi connectivity index (χ1n) is 7.15. The van der Waals surface area contributed by atoms with Gasteiger partial charge in [-0.15, -0.1) is 0 Å². The third kappa shape index (κ3) is 3.16. The Hall–Kier alpha value is -1.90. The van der Waals surface area contributed by atoms with E-state index in [1.807, 2.05) is 0 Å². The molecule has 20 heavy (non-hydrogen) atoms. The van der Waals surface area contributed by atoms with Gasteiger partial charge in [-0.05, 0) is 43.4 Å². The Labute approximate surface area is 118 Å². The summed E-state index contributed by atoms with van der Waals surface area (Å²) in [6.07, 6.45) is 12.0. The van der Waals surface area contributed by atoms with Crippen molar-refractivity contribution in [1.29, 1.82) is 0 Å². The van der Waals surface area contributed by atoms with Crippen LogP contribution in [-0.4, -0.2) is 11.8 Å². The second-order valence-electron chi connectivity index (χ2n) is 5.27. The van der Waals surface area contributed by atoms with Crippen molar-refractivity contribution in [3.8, 4) is 0 Å². The Morgan fingerprint density at radius 2 is 2.05 bits per heavy atom. The van der Waals surface area contributed by atoms with Crippen LogP contribution in [0.3, 0.4) is 0 Å². The molecule has 1 aromatic rings. The maximum Gasteiger partial charge on any atom is 0.133 e. The van der Waals surface area contributed by atoms with Crippen molar-refractivity contribution < 1.29 is 9.23 Å². The first-order valence-corrected chi connectivity index (χ1v) is 7.15. The van der Waals surface area contributed by atoms with E-state index >= 15 is 0 Å². The Kier molecular flexibility index (Phi) is 3.95. The molecule has 0 fully saturated rings. The molecule has 1 heterocycles. The summed E-state index contributed by atoms with van der Waals surface area (Å²) in [4.78, 5) is 5.48. The highest BCUT2D eigenvalue weighted by Gasteiger charge is 2.22. The molecule has 3 rings (SSSR count). The van der Waals surface area contributed by atoms with Crippen LogP contribution in [0.4, 0.5) is 4.39 Å². The van der Waals surface area contributed by atoms with Gasteiger partial charge in [0.2, 0.25) is 0 Å². The van der Waals surface area contributed by atoms with E-state index in [1.165, 1.54) is 17.7 Å². The van der Waals surface area contributed by atoms with E-state index in [1.54, 1.807) is 12.1 Å². The lowest BCUT2D eigenvalue weighted by atomic mass is 9.98. The number of nitrogens with zero attached hydrogens (tertiary/aromatic N) is 1. The minimum Gasteiger partial charge on any atom is -0.392 e. The van der Waals surface area contributed by atoms with E-state index in [-0.39, 0.29) is 11.9 Å². The smallest absolute Gasteiger partial charge is 0.133 e. The molecular formula is C17H18FNO. The average molecular weight is 271 g/mol. The summed E-state index contributed by atoms with van der Waals surface area (Å²) in [6.45, 7) is 0. The molecule has 0 amide bonds. The van der Waals surface area contributed by atoms with Gasteiger partial charge in [0.15, 0.2) is 0 Å². The molecule has 1 unspecified atom stereocenters. The fourth-order valence-corrected chi connectivity index (χ4v) is 2.58. The molecule has 0 bridgehead atoms. The van der Waals surface area contributed by atoms with Gasteiger partial charge in [0, 0.05) is 6.42 Å². The maximum atomic E-state index is 12.9. The Balaban J connectivity index is 1.52. The van der Waals surface area contributed by atoms with Crippen molar-refractivity contribution in [2.75, 3.05) is 0 Å². The molecule has 3 heteroatoms. The van der Waals surface area contributed by atoms with Crippen molar-refractivity contribution >= 4 is 5.71 Å². The van der Waals surface area contributed by atoms with Crippen molar-refractivity contribution in [1.82, 2.24) is 0 Å². The zero-order chi connectivity index (χ0) is 13.8. The number of hydrogen-bond donors (Lipinski definition) is 0. The average Bonchev–Trinajstić information content (AvgIpc) is 2.96. The van der Waals surface area contributed by atoms with Gasteiger partial charge in [0.05, 0.1) is 5.71 Å². The van der Waals surface area contributed by atoms with Gasteiger partial charge in [-0.2, -0.15) is 0 Å². The normalized spacial score (nSPS) is 21.4. The predicted octanol–water partition coefficient (Wildman–Crippen LogP) is 4.38. The number of allylic oxidation sites excluding steroid dienone is 4. The van der Waals surface area contributed by atoms with Crippen LogP contribution < -0.4 is 0 Å². The largest absolute Gasteiger partial charge is 0.392 e. The third-order valence-electron chi connectivity index (χ3n) is 3.74. The maximum absolute atomic E-state index is 12.9. The van der Waals surface area contributed by atoms with E-state index in [0.717, 1.165) is 43.4 Å². The van der Waals surface area contributed by atoms with Crippen LogP contribution in [0.5, 0.6) is 0 Å². The molecule has 2 aliphatic rings. The first kappa shape index (κ1) is 13.1. The van der Waals surface area contributed by atoms with Crippen LogP contribution in [0, 0.1) is 5.82 Å². The standard InChI is InChI=1S/C17H18FNO/c18-15-9-7-14(8-10-15)17-12-16(20-19-17)11-6-13-4-2-1-3-5-13/h2,4-5,7-10,16H,1,3,6,11-12H2. The molecule has 2 nitrogen and oxygen atoms in total. The summed E-state index contributed by atoms with van der Waals surface area (Å²) in [6, 6.07) is 6.43. The number of oxime groups is 1. The molecule has 1 aliphatic heterocycles. The minimum absolute atomic E-state index is 0.145. The molecule has 104 valence electrons. The zero-order valence-electron chi connectivity index (χ0n) is 11.4. The lowest BCUT2D eigenvalue weighted by Crippen LogP contribution is -2.08. The summed E-state index contributed by atoms with van der Waals surface area (Å²) in [5, 5.41) is 4.14. The first-order chi connectivity index (χ1) is 9.81. The molecular weight excluding hydrogens is 253 g/mol. The SMILES string of the molecule is Fc1ccc(C2=NOC(CCC3=CCCC=C3)C2)cc1. The predicted molar refractivity (Wildman–Crippen MR) is 78.1 cm³/mol. The molecule has 1 aromatic carbocycles. The van der Waals surface area contributed by atoms with Gasteiger partial charge in [-0.3, -0.25) is 0 Å². The monoisotopic (exact) mass is 271 g/mol. The van der Waals surface area contributed by atoms with Crippen LogP contribution in [0.25, 0.3) is 0 Å². The second kappa shape index (κ2) is 6.04. The lowest BCUT2D eigenvalue weighted by Gasteiger charge is -2.10. The summed E-state index contributed by atoms with van der Waals surface area (Å²) >= 11 is 0. The van der Waals surface area contributed by atoms with Crippen LogP contribution in [0.1, 0.15) is 37.7 Å². The second-order valence-corrected chi connectivity index (χ2v) is 5.27.